The maximum absolute atomic E-state index is 12.2. The zero-order valence-electron chi connectivity index (χ0n) is 9.69. The highest BCUT2D eigenvalue weighted by Gasteiger charge is 2.24. The number of benzene rings is 1. The summed E-state index contributed by atoms with van der Waals surface area (Å²) in [6, 6.07) is 5.56. The highest BCUT2D eigenvalue weighted by atomic mass is 79.9. The van der Waals surface area contributed by atoms with Crippen molar-refractivity contribution >= 4 is 53.7 Å². The monoisotopic (exact) mass is 425 g/mol. The number of hydrogen-bond acceptors (Lipinski definition) is 1. The SMILES string of the molecule is CCC(C)(CBr)NC(=O)c1cc(Br)ccc1Br. The largest absolute Gasteiger partial charge is 0.346 e. The first-order valence-corrected chi connectivity index (χ1v) is 7.96. The highest BCUT2D eigenvalue weighted by Crippen LogP contribution is 2.23. The van der Waals surface area contributed by atoms with Gasteiger partial charge in [0.1, 0.15) is 0 Å². The van der Waals surface area contributed by atoms with E-state index in [2.05, 4.69) is 60.0 Å². The standard InChI is InChI=1S/C12H14Br3NO/c1-3-12(2,7-13)16-11(17)9-6-8(14)4-5-10(9)15/h4-6H,3,7H2,1-2H3,(H,16,17). The summed E-state index contributed by atoms with van der Waals surface area (Å²) < 4.78 is 1.69. The van der Waals surface area contributed by atoms with E-state index in [0.29, 0.717) is 5.56 Å². The number of hydrogen-bond donors (Lipinski definition) is 1. The summed E-state index contributed by atoms with van der Waals surface area (Å²) in [6.45, 7) is 4.07. The van der Waals surface area contributed by atoms with Crippen LogP contribution in [0.1, 0.15) is 30.6 Å². The number of amides is 1. The minimum Gasteiger partial charge on any atom is -0.346 e. The molecule has 1 atom stereocenters. The van der Waals surface area contributed by atoms with E-state index in [9.17, 15) is 4.79 Å². The van der Waals surface area contributed by atoms with E-state index in [1.165, 1.54) is 0 Å². The van der Waals surface area contributed by atoms with Crippen molar-refractivity contribution in [3.8, 4) is 0 Å². The summed E-state index contributed by atoms with van der Waals surface area (Å²) in [6.07, 6.45) is 0.871. The smallest absolute Gasteiger partial charge is 0.252 e. The van der Waals surface area contributed by atoms with Gasteiger partial charge in [-0.1, -0.05) is 38.8 Å². The molecule has 5 heteroatoms. The molecule has 0 saturated carbocycles. The van der Waals surface area contributed by atoms with Crippen molar-refractivity contribution in [1.82, 2.24) is 5.32 Å². The molecule has 0 aliphatic rings. The van der Waals surface area contributed by atoms with E-state index >= 15 is 0 Å². The molecule has 1 N–H and O–H groups in total. The number of carbonyl (C=O) groups excluding carboxylic acids is 1. The highest BCUT2D eigenvalue weighted by molar-refractivity contribution is 9.11. The van der Waals surface area contributed by atoms with Gasteiger partial charge in [-0.3, -0.25) is 4.79 Å². The van der Waals surface area contributed by atoms with E-state index in [1.54, 1.807) is 0 Å². The molecule has 1 amide bonds. The van der Waals surface area contributed by atoms with Crippen molar-refractivity contribution in [2.45, 2.75) is 25.8 Å². The molecule has 0 heterocycles. The summed E-state index contributed by atoms with van der Waals surface area (Å²) in [5.41, 5.74) is 0.416. The lowest BCUT2D eigenvalue weighted by atomic mass is 10.0. The topological polar surface area (TPSA) is 29.1 Å². The fraction of sp³-hybridized carbons (Fsp3) is 0.417. The van der Waals surface area contributed by atoms with E-state index in [4.69, 9.17) is 0 Å². The Kier molecular flexibility index (Phi) is 5.67. The van der Waals surface area contributed by atoms with Gasteiger partial charge in [0, 0.05) is 19.8 Å². The average Bonchev–Trinajstić information content (AvgIpc) is 2.32. The van der Waals surface area contributed by atoms with Crippen LogP contribution in [-0.2, 0) is 0 Å². The van der Waals surface area contributed by atoms with Crippen molar-refractivity contribution in [3.63, 3.8) is 0 Å². The molecule has 0 radical (unpaired) electrons. The normalized spacial score (nSPS) is 14.2. The molecular weight excluding hydrogens is 414 g/mol. The predicted molar refractivity (Wildman–Crippen MR) is 81.8 cm³/mol. The Balaban J connectivity index is 2.94. The summed E-state index contributed by atoms with van der Waals surface area (Å²) in [5.74, 6) is -0.0676. The second kappa shape index (κ2) is 6.34. The lowest BCUT2D eigenvalue weighted by Crippen LogP contribution is -2.47. The molecule has 0 aromatic heterocycles. The molecule has 1 aromatic carbocycles. The molecule has 17 heavy (non-hydrogen) atoms. The maximum Gasteiger partial charge on any atom is 0.252 e. The molecule has 0 spiro atoms. The van der Waals surface area contributed by atoms with Crippen molar-refractivity contribution < 1.29 is 4.79 Å². The van der Waals surface area contributed by atoms with Gasteiger partial charge in [-0.05, 0) is 47.5 Å². The summed E-state index contributed by atoms with van der Waals surface area (Å²) in [7, 11) is 0. The third-order valence-corrected chi connectivity index (χ3v) is 5.09. The molecule has 1 aromatic rings. The fourth-order valence-electron chi connectivity index (χ4n) is 1.23. The third-order valence-electron chi connectivity index (χ3n) is 2.66. The molecule has 1 rings (SSSR count). The Labute approximate surface area is 127 Å². The van der Waals surface area contributed by atoms with E-state index in [0.717, 1.165) is 20.7 Å². The van der Waals surface area contributed by atoms with E-state index in [1.807, 2.05) is 25.1 Å². The van der Waals surface area contributed by atoms with Gasteiger partial charge in [-0.15, -0.1) is 0 Å². The van der Waals surface area contributed by atoms with Crippen LogP contribution in [0.5, 0.6) is 0 Å². The van der Waals surface area contributed by atoms with Gasteiger partial charge >= 0.3 is 0 Å². The Bertz CT molecular complexity index is 416. The van der Waals surface area contributed by atoms with Gasteiger partial charge in [0.2, 0.25) is 0 Å². The molecule has 2 nitrogen and oxygen atoms in total. The van der Waals surface area contributed by atoms with Crippen LogP contribution in [0, 0.1) is 0 Å². The molecule has 94 valence electrons. The van der Waals surface area contributed by atoms with Gasteiger partial charge in [0.15, 0.2) is 0 Å². The summed E-state index contributed by atoms with van der Waals surface area (Å²) in [4.78, 5) is 12.2. The summed E-state index contributed by atoms with van der Waals surface area (Å²) >= 11 is 10.2. The number of carbonyl (C=O) groups is 1. The minimum atomic E-state index is -0.223. The van der Waals surface area contributed by atoms with Crippen molar-refractivity contribution in [1.29, 1.82) is 0 Å². The van der Waals surface area contributed by atoms with Gasteiger partial charge in [-0.2, -0.15) is 0 Å². The lowest BCUT2D eigenvalue weighted by molar-refractivity contribution is 0.0912. The van der Waals surface area contributed by atoms with Gasteiger partial charge in [-0.25, -0.2) is 0 Å². The van der Waals surface area contributed by atoms with Crippen LogP contribution >= 0.6 is 47.8 Å². The van der Waals surface area contributed by atoms with Crippen LogP contribution in [0.4, 0.5) is 0 Å². The zero-order valence-corrected chi connectivity index (χ0v) is 14.4. The quantitative estimate of drug-likeness (QED) is 0.704. The Morgan fingerprint density at radius 1 is 1.41 bits per heavy atom. The van der Waals surface area contributed by atoms with Crippen LogP contribution in [-0.4, -0.2) is 16.8 Å². The maximum atomic E-state index is 12.2. The van der Waals surface area contributed by atoms with Gasteiger partial charge in [0.25, 0.3) is 5.91 Å². The first-order valence-electron chi connectivity index (χ1n) is 5.25. The van der Waals surface area contributed by atoms with Crippen LogP contribution in [0.15, 0.2) is 27.1 Å². The van der Waals surface area contributed by atoms with E-state index < -0.39 is 0 Å². The molecule has 0 aliphatic carbocycles. The minimum absolute atomic E-state index is 0.0676. The van der Waals surface area contributed by atoms with Crippen molar-refractivity contribution in [2.24, 2.45) is 0 Å². The van der Waals surface area contributed by atoms with Crippen molar-refractivity contribution in [3.05, 3.63) is 32.7 Å². The number of rotatable bonds is 4. The molecule has 1 unspecified atom stereocenters. The molecule has 0 aliphatic heterocycles. The summed E-state index contributed by atoms with van der Waals surface area (Å²) in [5, 5.41) is 3.77. The Hall–Kier alpha value is 0.130. The Morgan fingerprint density at radius 2 is 2.06 bits per heavy atom. The third kappa shape index (κ3) is 4.07. The number of halogens is 3. The van der Waals surface area contributed by atoms with Crippen LogP contribution in [0.3, 0.4) is 0 Å². The molecular formula is C12H14Br3NO. The lowest BCUT2D eigenvalue weighted by Gasteiger charge is -2.27. The first kappa shape index (κ1) is 15.2. The zero-order chi connectivity index (χ0) is 13.1. The molecule has 0 saturated heterocycles. The second-order valence-corrected chi connectivity index (χ2v) is 6.46. The fourth-order valence-corrected chi connectivity index (χ4v) is 2.55. The molecule has 0 bridgehead atoms. The van der Waals surface area contributed by atoms with Crippen molar-refractivity contribution in [2.75, 3.05) is 5.33 Å². The van der Waals surface area contributed by atoms with E-state index in [-0.39, 0.29) is 11.4 Å². The Morgan fingerprint density at radius 3 is 2.59 bits per heavy atom. The average molecular weight is 428 g/mol. The van der Waals surface area contributed by atoms with Crippen LogP contribution in [0.25, 0.3) is 0 Å². The number of alkyl halides is 1. The number of nitrogens with one attached hydrogen (secondary N) is 1. The molecule has 0 fully saturated rings. The first-order chi connectivity index (χ1) is 7.91. The van der Waals surface area contributed by atoms with Gasteiger partial charge < -0.3 is 5.32 Å². The van der Waals surface area contributed by atoms with Gasteiger partial charge in [0.05, 0.1) is 5.56 Å². The van der Waals surface area contributed by atoms with Crippen LogP contribution < -0.4 is 5.32 Å². The predicted octanol–water partition coefficient (Wildman–Crippen LogP) is 4.51. The second-order valence-electron chi connectivity index (χ2n) is 4.13. The van der Waals surface area contributed by atoms with Crippen LogP contribution in [0.2, 0.25) is 0 Å².